The van der Waals surface area contributed by atoms with E-state index in [1.165, 1.54) is 49.5 Å². The third-order valence-corrected chi connectivity index (χ3v) is 10.7. The maximum absolute atomic E-state index is 6.55. The largest absolute Gasteiger partial charge is 0.455 e. The molecule has 2 nitrogen and oxygen atoms in total. The van der Waals surface area contributed by atoms with E-state index < -0.39 is 0 Å². The van der Waals surface area contributed by atoms with Gasteiger partial charge in [-0.3, -0.25) is 0 Å². The number of anilines is 3. The first kappa shape index (κ1) is 27.9. The number of hydrogen-bond acceptors (Lipinski definition) is 2. The van der Waals surface area contributed by atoms with Gasteiger partial charge in [0.1, 0.15) is 11.2 Å². The van der Waals surface area contributed by atoms with Crippen LogP contribution in [0.4, 0.5) is 17.1 Å². The summed E-state index contributed by atoms with van der Waals surface area (Å²) in [4.78, 5) is 2.44. The number of rotatable bonds is 4. The first-order chi connectivity index (χ1) is 24.1. The normalized spacial score (nSPS) is 13.3. The van der Waals surface area contributed by atoms with Crippen LogP contribution >= 0.6 is 0 Å². The highest BCUT2D eigenvalue weighted by atomic mass is 16.3. The van der Waals surface area contributed by atoms with Gasteiger partial charge in [0.05, 0.1) is 5.69 Å². The van der Waals surface area contributed by atoms with Crippen molar-refractivity contribution in [2.45, 2.75) is 19.3 Å². The van der Waals surface area contributed by atoms with Crippen molar-refractivity contribution in [3.63, 3.8) is 0 Å². The second-order valence-electron chi connectivity index (χ2n) is 13.7. The standard InChI is InChI=1S/C47H33NO/c1-47(2)42-19-11-10-17-37(42)38-24-21-33(29-43(38)47)48(44-26-25-34(30-12-4-3-5-13-30)36-16-8-9-18-39(36)44)32-22-27-45-41(28-32)40-23-20-31-14-6-7-15-35(31)46(40)49-45/h3-29H,1-2H3. The Morgan fingerprint density at radius 3 is 2.00 bits per heavy atom. The molecule has 1 heterocycles. The molecule has 0 radical (unpaired) electrons. The van der Waals surface area contributed by atoms with Gasteiger partial charge in [-0.25, -0.2) is 0 Å². The minimum absolute atomic E-state index is 0.112. The van der Waals surface area contributed by atoms with Crippen molar-refractivity contribution in [3.8, 4) is 22.3 Å². The van der Waals surface area contributed by atoms with Crippen LogP contribution in [0.1, 0.15) is 25.0 Å². The molecule has 0 fully saturated rings. The summed E-state index contributed by atoms with van der Waals surface area (Å²) in [5.74, 6) is 0. The molecule has 0 aliphatic heterocycles. The van der Waals surface area contributed by atoms with Gasteiger partial charge in [-0.05, 0) is 86.6 Å². The molecular formula is C47H33NO. The highest BCUT2D eigenvalue weighted by Gasteiger charge is 2.36. The zero-order valence-corrected chi connectivity index (χ0v) is 27.4. The molecule has 2 heteroatoms. The van der Waals surface area contributed by atoms with Crippen molar-refractivity contribution in [3.05, 3.63) is 175 Å². The summed E-state index contributed by atoms with van der Waals surface area (Å²) in [6.07, 6.45) is 0. The average Bonchev–Trinajstić information content (AvgIpc) is 3.64. The second kappa shape index (κ2) is 10.4. The van der Waals surface area contributed by atoms with Crippen molar-refractivity contribution in [2.24, 2.45) is 0 Å². The first-order valence-electron chi connectivity index (χ1n) is 17.0. The zero-order valence-electron chi connectivity index (χ0n) is 27.4. The third kappa shape index (κ3) is 4.14. The fourth-order valence-electron chi connectivity index (χ4n) is 8.24. The molecule has 0 saturated carbocycles. The Hall–Kier alpha value is -6.12. The Kier molecular flexibility index (Phi) is 5.95. The lowest BCUT2D eigenvalue weighted by Gasteiger charge is -2.29. The van der Waals surface area contributed by atoms with E-state index >= 15 is 0 Å². The molecule has 0 atom stereocenters. The molecule has 1 aliphatic rings. The Morgan fingerprint density at radius 1 is 0.449 bits per heavy atom. The zero-order chi connectivity index (χ0) is 32.7. The lowest BCUT2D eigenvalue weighted by Crippen LogP contribution is -2.16. The Balaban J connectivity index is 1.24. The summed E-state index contributed by atoms with van der Waals surface area (Å²) in [5, 5.41) is 6.99. The molecule has 10 rings (SSSR count). The molecule has 1 aliphatic carbocycles. The molecule has 1 aromatic heterocycles. The maximum Gasteiger partial charge on any atom is 0.143 e. The van der Waals surface area contributed by atoms with E-state index in [0.29, 0.717) is 0 Å². The van der Waals surface area contributed by atoms with Crippen LogP contribution in [0.25, 0.3) is 65.7 Å². The van der Waals surface area contributed by atoms with Crippen LogP contribution < -0.4 is 4.90 Å². The van der Waals surface area contributed by atoms with Crippen molar-refractivity contribution in [1.82, 2.24) is 0 Å². The maximum atomic E-state index is 6.55. The number of hydrogen-bond donors (Lipinski definition) is 0. The van der Waals surface area contributed by atoms with Gasteiger partial charge < -0.3 is 9.32 Å². The number of furan rings is 1. The molecule has 0 amide bonds. The highest BCUT2D eigenvalue weighted by Crippen LogP contribution is 2.51. The van der Waals surface area contributed by atoms with Gasteiger partial charge in [0.25, 0.3) is 0 Å². The summed E-state index contributed by atoms with van der Waals surface area (Å²) >= 11 is 0. The summed E-state index contributed by atoms with van der Waals surface area (Å²) in [6.45, 7) is 4.70. The fourth-order valence-corrected chi connectivity index (χ4v) is 8.24. The molecular weight excluding hydrogens is 595 g/mol. The van der Waals surface area contributed by atoms with Crippen molar-refractivity contribution < 1.29 is 4.42 Å². The predicted octanol–water partition coefficient (Wildman–Crippen LogP) is 13.3. The smallest absolute Gasteiger partial charge is 0.143 e. The van der Waals surface area contributed by atoms with Gasteiger partial charge in [-0.2, -0.15) is 0 Å². The quantitative estimate of drug-likeness (QED) is 0.193. The number of nitrogens with zero attached hydrogens (tertiary/aromatic N) is 1. The molecule has 8 aromatic carbocycles. The average molecular weight is 628 g/mol. The molecule has 9 aromatic rings. The summed E-state index contributed by atoms with van der Waals surface area (Å²) in [7, 11) is 0. The van der Waals surface area contributed by atoms with E-state index in [9.17, 15) is 0 Å². The van der Waals surface area contributed by atoms with Crippen molar-refractivity contribution in [1.29, 1.82) is 0 Å². The van der Waals surface area contributed by atoms with Crippen LogP contribution in [-0.4, -0.2) is 0 Å². The van der Waals surface area contributed by atoms with Gasteiger partial charge in [0.15, 0.2) is 0 Å². The summed E-state index contributed by atoms with van der Waals surface area (Å²) in [6, 6.07) is 59.5. The Bertz CT molecular complexity index is 2750. The Morgan fingerprint density at radius 2 is 1.12 bits per heavy atom. The highest BCUT2D eigenvalue weighted by molar-refractivity contribution is 6.16. The van der Waals surface area contributed by atoms with E-state index in [-0.39, 0.29) is 5.41 Å². The second-order valence-corrected chi connectivity index (χ2v) is 13.7. The monoisotopic (exact) mass is 627 g/mol. The van der Waals surface area contributed by atoms with Crippen LogP contribution in [0.3, 0.4) is 0 Å². The number of benzene rings is 8. The molecule has 232 valence electrons. The number of fused-ring (bicyclic) bond motifs is 9. The van der Waals surface area contributed by atoms with E-state index in [1.54, 1.807) is 0 Å². The molecule has 0 N–H and O–H groups in total. The molecule has 0 saturated heterocycles. The van der Waals surface area contributed by atoms with E-state index in [0.717, 1.165) is 44.4 Å². The van der Waals surface area contributed by atoms with Crippen LogP contribution in [-0.2, 0) is 5.41 Å². The van der Waals surface area contributed by atoms with Gasteiger partial charge >= 0.3 is 0 Å². The SMILES string of the molecule is CC1(C)c2ccccc2-c2ccc(N(c3ccc4oc5c6ccccc6ccc5c4c3)c3ccc(-c4ccccc4)c4ccccc34)cc21. The topological polar surface area (TPSA) is 16.4 Å². The van der Waals surface area contributed by atoms with E-state index in [4.69, 9.17) is 4.42 Å². The lowest BCUT2D eigenvalue weighted by molar-refractivity contribution is 0.660. The minimum Gasteiger partial charge on any atom is -0.455 e. The molecule has 0 bridgehead atoms. The van der Waals surface area contributed by atoms with Crippen LogP contribution in [0, 0.1) is 0 Å². The van der Waals surface area contributed by atoms with Gasteiger partial charge in [-0.15, -0.1) is 0 Å². The Labute approximate surface area is 285 Å². The van der Waals surface area contributed by atoms with Crippen LogP contribution in [0.5, 0.6) is 0 Å². The minimum atomic E-state index is -0.112. The van der Waals surface area contributed by atoms with Crippen LogP contribution in [0.2, 0.25) is 0 Å². The van der Waals surface area contributed by atoms with E-state index in [2.05, 4.69) is 183 Å². The predicted molar refractivity (Wildman–Crippen MR) is 206 cm³/mol. The molecule has 49 heavy (non-hydrogen) atoms. The van der Waals surface area contributed by atoms with Crippen molar-refractivity contribution in [2.75, 3.05) is 4.90 Å². The van der Waals surface area contributed by atoms with Crippen molar-refractivity contribution >= 4 is 60.5 Å². The third-order valence-electron chi connectivity index (χ3n) is 10.7. The van der Waals surface area contributed by atoms with Crippen LogP contribution in [0.15, 0.2) is 168 Å². The molecule has 0 spiro atoms. The van der Waals surface area contributed by atoms with Gasteiger partial charge in [0, 0.05) is 38.3 Å². The summed E-state index contributed by atoms with van der Waals surface area (Å²) in [5.41, 5.74) is 12.9. The first-order valence-corrected chi connectivity index (χ1v) is 17.0. The van der Waals surface area contributed by atoms with Gasteiger partial charge in [0.2, 0.25) is 0 Å². The van der Waals surface area contributed by atoms with Gasteiger partial charge in [-0.1, -0.05) is 135 Å². The van der Waals surface area contributed by atoms with E-state index in [1.807, 2.05) is 0 Å². The fraction of sp³-hybridized carbons (Fsp3) is 0.0638. The lowest BCUT2D eigenvalue weighted by atomic mass is 9.82. The summed E-state index contributed by atoms with van der Waals surface area (Å²) < 4.78 is 6.55. The molecule has 0 unspecified atom stereocenters.